The minimum absolute atomic E-state index is 0.00986. The Morgan fingerprint density at radius 3 is 2.09 bits per heavy atom. The number of hydrogen-bond acceptors (Lipinski definition) is 11. The minimum atomic E-state index is -5.08. The SMILES string of the molecule is C[C@]1(O)CCCN1c1nc(NCC(c2ccccc2)c2ccccc2)c2ncn([C@]3(C)O[C@@H](O)[C@@H](O)[C@H]3O)c2n1.O=C(O)C(F)(F)F. The molecule has 0 unspecified atom stereocenters. The van der Waals surface area contributed by atoms with E-state index < -0.39 is 42.1 Å². The Balaban J connectivity index is 0.000000559. The molecule has 2 aliphatic heterocycles. The minimum Gasteiger partial charge on any atom is -0.475 e. The van der Waals surface area contributed by atoms with Crippen molar-refractivity contribution < 1.29 is 48.2 Å². The quantitative estimate of drug-likeness (QED) is 0.171. The van der Waals surface area contributed by atoms with Gasteiger partial charge in [-0.05, 0) is 37.8 Å². The average Bonchev–Trinajstić information content (AvgIpc) is 3.68. The van der Waals surface area contributed by atoms with Crippen molar-refractivity contribution in [3.63, 3.8) is 0 Å². The number of aliphatic carboxylic acids is 1. The van der Waals surface area contributed by atoms with E-state index in [9.17, 15) is 33.6 Å². The van der Waals surface area contributed by atoms with Gasteiger partial charge < -0.3 is 40.5 Å². The summed E-state index contributed by atoms with van der Waals surface area (Å²) >= 11 is 0. The van der Waals surface area contributed by atoms with E-state index in [2.05, 4.69) is 34.6 Å². The highest BCUT2D eigenvalue weighted by molar-refractivity contribution is 5.85. The fourth-order valence-corrected chi connectivity index (χ4v) is 5.77. The molecule has 0 bridgehead atoms. The lowest BCUT2D eigenvalue weighted by atomic mass is 9.91. The summed E-state index contributed by atoms with van der Waals surface area (Å²) in [6.45, 7) is 4.35. The first kappa shape index (κ1) is 34.0. The van der Waals surface area contributed by atoms with E-state index in [1.54, 1.807) is 18.7 Å². The number of hydrogen-bond donors (Lipinski definition) is 6. The van der Waals surface area contributed by atoms with Gasteiger partial charge >= 0.3 is 12.1 Å². The predicted octanol–water partition coefficient (Wildman–Crippen LogP) is 2.76. The molecule has 5 atom stereocenters. The first-order valence-electron chi connectivity index (χ1n) is 14.7. The summed E-state index contributed by atoms with van der Waals surface area (Å²) in [4.78, 5) is 24.8. The van der Waals surface area contributed by atoms with Gasteiger partial charge in [0.1, 0.15) is 17.9 Å². The maximum Gasteiger partial charge on any atom is 0.490 e. The van der Waals surface area contributed by atoms with E-state index in [4.69, 9.17) is 24.6 Å². The van der Waals surface area contributed by atoms with Crippen LogP contribution in [0.15, 0.2) is 67.0 Å². The Morgan fingerprint density at radius 1 is 1.04 bits per heavy atom. The Morgan fingerprint density at radius 2 is 1.62 bits per heavy atom. The number of ether oxygens (including phenoxy) is 1. The van der Waals surface area contributed by atoms with Crippen molar-refractivity contribution in [3.8, 4) is 0 Å². The van der Waals surface area contributed by atoms with Crippen molar-refractivity contribution in [3.05, 3.63) is 78.1 Å². The molecule has 2 saturated heterocycles. The molecular formula is C31H35F3N6O7. The van der Waals surface area contributed by atoms with Crippen LogP contribution in [0.3, 0.4) is 0 Å². The number of fused-ring (bicyclic) bond motifs is 1. The summed E-state index contributed by atoms with van der Waals surface area (Å²) in [5.41, 5.74) is 0.354. The number of rotatable bonds is 7. The van der Waals surface area contributed by atoms with Gasteiger partial charge in [-0.3, -0.25) is 4.57 Å². The van der Waals surface area contributed by atoms with E-state index in [1.165, 1.54) is 10.9 Å². The Labute approximate surface area is 266 Å². The smallest absolute Gasteiger partial charge is 0.475 e. The molecule has 4 aromatic rings. The van der Waals surface area contributed by atoms with Crippen molar-refractivity contribution in [1.82, 2.24) is 19.5 Å². The molecule has 0 aliphatic carbocycles. The Kier molecular flexibility index (Phi) is 9.43. The molecule has 2 aromatic carbocycles. The van der Waals surface area contributed by atoms with Crippen molar-refractivity contribution >= 4 is 28.9 Å². The summed E-state index contributed by atoms with van der Waals surface area (Å²) in [7, 11) is 0. The fourth-order valence-electron chi connectivity index (χ4n) is 5.77. The van der Waals surface area contributed by atoms with Crippen molar-refractivity contribution in [2.24, 2.45) is 0 Å². The van der Waals surface area contributed by atoms with Crippen LogP contribution in [0.25, 0.3) is 11.2 Å². The number of anilines is 2. The number of benzene rings is 2. The molecule has 0 spiro atoms. The zero-order valence-electron chi connectivity index (χ0n) is 25.4. The summed E-state index contributed by atoms with van der Waals surface area (Å²) in [6.07, 6.45) is -6.80. The number of carboxylic acids is 1. The van der Waals surface area contributed by atoms with Crippen LogP contribution in [0.2, 0.25) is 0 Å². The summed E-state index contributed by atoms with van der Waals surface area (Å²) < 4.78 is 38.9. The van der Waals surface area contributed by atoms with Crippen LogP contribution >= 0.6 is 0 Å². The molecule has 16 heteroatoms. The topological polar surface area (TPSA) is 186 Å². The van der Waals surface area contributed by atoms with Gasteiger partial charge in [0.2, 0.25) is 5.95 Å². The molecule has 13 nitrogen and oxygen atoms in total. The highest BCUT2D eigenvalue weighted by atomic mass is 19.4. The van der Waals surface area contributed by atoms with Gasteiger partial charge in [-0.2, -0.15) is 23.1 Å². The van der Waals surface area contributed by atoms with Crippen LogP contribution in [0.1, 0.15) is 43.7 Å². The summed E-state index contributed by atoms with van der Waals surface area (Å²) in [6, 6.07) is 20.4. The van der Waals surface area contributed by atoms with Crippen molar-refractivity contribution in [2.75, 3.05) is 23.3 Å². The van der Waals surface area contributed by atoms with Crippen LogP contribution in [0.4, 0.5) is 24.9 Å². The van der Waals surface area contributed by atoms with E-state index in [-0.39, 0.29) is 5.92 Å². The van der Waals surface area contributed by atoms with E-state index in [0.717, 1.165) is 17.5 Å². The molecule has 0 amide bonds. The average molecular weight is 661 g/mol. The number of nitrogens with one attached hydrogen (secondary N) is 1. The second-order valence-electron chi connectivity index (χ2n) is 11.7. The van der Waals surface area contributed by atoms with Crippen LogP contribution in [0, 0.1) is 0 Å². The first-order valence-corrected chi connectivity index (χ1v) is 14.7. The molecule has 4 heterocycles. The second kappa shape index (κ2) is 13.0. The highest BCUT2D eigenvalue weighted by Crippen LogP contribution is 2.39. The van der Waals surface area contributed by atoms with Gasteiger partial charge in [0, 0.05) is 19.0 Å². The van der Waals surface area contributed by atoms with Gasteiger partial charge in [0.05, 0.1) is 6.33 Å². The van der Waals surface area contributed by atoms with Gasteiger partial charge in [0.15, 0.2) is 29.0 Å². The molecule has 0 radical (unpaired) electrons. The van der Waals surface area contributed by atoms with Gasteiger partial charge in [-0.1, -0.05) is 60.7 Å². The zero-order valence-corrected chi connectivity index (χ0v) is 25.4. The molecule has 6 N–H and O–H groups in total. The number of carbonyl (C=O) groups is 1. The normalized spacial score (nSPS) is 26.0. The van der Waals surface area contributed by atoms with Crippen molar-refractivity contribution in [2.45, 2.75) is 68.7 Å². The number of alkyl halides is 3. The Bertz CT molecular complexity index is 1650. The van der Waals surface area contributed by atoms with E-state index in [0.29, 0.717) is 42.4 Å². The third kappa shape index (κ3) is 6.87. The standard InChI is InChI=1S/C29H34N6O5.C2HF3O2/c1-28(39)14-9-15-34(28)27-32-24(30-16-20(18-10-5-3-6-11-18)19-12-7-4-8-13-19)21-25(33-27)35(17-31-21)29(2)23(37)22(36)26(38)40-29;3-2(4,5)1(6)7/h3-8,10-13,17,20,22-23,26,36-39H,9,14-16H2,1-2H3,(H,30,32,33);(H,6,7)/t22-,23+,26+,28-,29+;/m0./s1. The van der Waals surface area contributed by atoms with Crippen LogP contribution in [0.5, 0.6) is 0 Å². The number of carboxylic acid groups (broad SMARTS) is 1. The largest absolute Gasteiger partial charge is 0.490 e. The van der Waals surface area contributed by atoms with Crippen molar-refractivity contribution in [1.29, 1.82) is 0 Å². The third-order valence-electron chi connectivity index (χ3n) is 8.36. The summed E-state index contributed by atoms with van der Waals surface area (Å²) in [5, 5.41) is 52.8. The molecule has 252 valence electrons. The number of aromatic nitrogens is 4. The Hall–Kier alpha value is -4.35. The highest BCUT2D eigenvalue weighted by Gasteiger charge is 2.53. The molecule has 2 aliphatic rings. The molecular weight excluding hydrogens is 625 g/mol. The monoisotopic (exact) mass is 660 g/mol. The number of aliphatic hydroxyl groups is 4. The van der Waals surface area contributed by atoms with Crippen LogP contribution in [-0.2, 0) is 15.3 Å². The molecule has 2 fully saturated rings. The van der Waals surface area contributed by atoms with E-state index >= 15 is 0 Å². The molecule has 2 aromatic heterocycles. The molecule has 0 saturated carbocycles. The summed E-state index contributed by atoms with van der Waals surface area (Å²) in [5.74, 6) is -1.99. The lowest BCUT2D eigenvalue weighted by Gasteiger charge is -2.31. The molecule has 47 heavy (non-hydrogen) atoms. The molecule has 6 rings (SSSR count). The van der Waals surface area contributed by atoms with Gasteiger partial charge in [-0.15, -0.1) is 0 Å². The third-order valence-corrected chi connectivity index (χ3v) is 8.36. The number of imidazole rings is 1. The first-order chi connectivity index (χ1) is 22.1. The number of aliphatic hydroxyl groups excluding tert-OH is 3. The maximum atomic E-state index is 11.1. The lowest BCUT2D eigenvalue weighted by molar-refractivity contribution is -0.192. The number of nitrogens with zero attached hydrogens (tertiary/aromatic N) is 5. The fraction of sp³-hybridized carbons (Fsp3) is 0.419. The van der Waals surface area contributed by atoms with Crippen LogP contribution in [-0.4, -0.2) is 94.5 Å². The number of halogens is 3. The predicted molar refractivity (Wildman–Crippen MR) is 162 cm³/mol. The zero-order chi connectivity index (χ0) is 34.1. The van der Waals surface area contributed by atoms with Gasteiger partial charge in [-0.25, -0.2) is 9.78 Å². The van der Waals surface area contributed by atoms with Gasteiger partial charge in [0.25, 0.3) is 0 Å². The lowest BCUT2D eigenvalue weighted by Crippen LogP contribution is -2.43. The maximum absolute atomic E-state index is 11.1. The van der Waals surface area contributed by atoms with Crippen LogP contribution < -0.4 is 10.2 Å². The van der Waals surface area contributed by atoms with E-state index in [1.807, 2.05) is 36.4 Å². The second-order valence-corrected chi connectivity index (χ2v) is 11.7.